The first-order chi connectivity index (χ1) is 7.61. The van der Waals surface area contributed by atoms with E-state index in [2.05, 4.69) is 5.10 Å². The van der Waals surface area contributed by atoms with Crippen molar-refractivity contribution in [3.8, 4) is 0 Å². The van der Waals surface area contributed by atoms with Crippen molar-refractivity contribution in [3.05, 3.63) is 35.9 Å². The molecule has 0 bridgehead atoms. The third-order valence-corrected chi connectivity index (χ3v) is 2.01. The molecule has 0 unspecified atom stereocenters. The molecule has 0 aliphatic carbocycles. The van der Waals surface area contributed by atoms with E-state index in [-0.39, 0.29) is 5.92 Å². The lowest BCUT2D eigenvalue weighted by Gasteiger charge is -2.04. The zero-order valence-electron chi connectivity index (χ0n) is 8.88. The highest BCUT2D eigenvalue weighted by atomic mass is 16.2. The number of carbonyl (C=O) groups excluding carboxylic acids is 2. The van der Waals surface area contributed by atoms with E-state index in [0.717, 1.165) is 5.56 Å². The lowest BCUT2D eigenvalue weighted by Crippen LogP contribution is -2.33. The van der Waals surface area contributed by atoms with Crippen LogP contribution in [0.1, 0.15) is 18.4 Å². The molecule has 0 spiro atoms. The molecule has 0 aromatic heterocycles. The Morgan fingerprint density at radius 1 is 1.38 bits per heavy atom. The van der Waals surface area contributed by atoms with Crippen molar-refractivity contribution in [3.63, 3.8) is 0 Å². The summed E-state index contributed by atoms with van der Waals surface area (Å²) >= 11 is 0. The normalized spacial score (nSPS) is 12.3. The van der Waals surface area contributed by atoms with Gasteiger partial charge in [0.05, 0.1) is 0 Å². The Morgan fingerprint density at radius 2 is 2.00 bits per heavy atom. The third kappa shape index (κ3) is 3.53. The van der Waals surface area contributed by atoms with Gasteiger partial charge in [-0.25, -0.2) is 5.43 Å². The first-order valence-corrected chi connectivity index (χ1v) is 4.79. The summed E-state index contributed by atoms with van der Waals surface area (Å²) in [7, 11) is 0. The van der Waals surface area contributed by atoms with Gasteiger partial charge in [-0.2, -0.15) is 5.10 Å². The van der Waals surface area contributed by atoms with Gasteiger partial charge in [0.2, 0.25) is 0 Å². The fourth-order valence-electron chi connectivity index (χ4n) is 1.11. The Bertz CT molecular complexity index is 401. The maximum atomic E-state index is 10.8. The Kier molecular flexibility index (Phi) is 4.20. The number of amides is 2. The Balaban J connectivity index is 2.52. The Morgan fingerprint density at radius 3 is 2.56 bits per heavy atom. The molecule has 1 aromatic carbocycles. The zero-order valence-corrected chi connectivity index (χ0v) is 8.88. The van der Waals surface area contributed by atoms with Crippen molar-refractivity contribution < 1.29 is 9.59 Å². The molecule has 1 aromatic rings. The highest BCUT2D eigenvalue weighted by molar-refractivity contribution is 6.34. The summed E-state index contributed by atoms with van der Waals surface area (Å²) in [6.07, 6.45) is 1.54. The third-order valence-electron chi connectivity index (χ3n) is 2.01. The van der Waals surface area contributed by atoms with Gasteiger partial charge in [-0.1, -0.05) is 37.3 Å². The summed E-state index contributed by atoms with van der Waals surface area (Å²) in [5.41, 5.74) is 7.85. The molecule has 1 rings (SSSR count). The fourth-order valence-corrected chi connectivity index (χ4v) is 1.11. The van der Waals surface area contributed by atoms with Crippen LogP contribution in [0, 0.1) is 0 Å². The number of rotatable bonds is 3. The van der Waals surface area contributed by atoms with E-state index in [1.54, 1.807) is 0 Å². The minimum Gasteiger partial charge on any atom is -0.361 e. The number of primary amides is 1. The Labute approximate surface area is 93.3 Å². The highest BCUT2D eigenvalue weighted by Crippen LogP contribution is 2.11. The summed E-state index contributed by atoms with van der Waals surface area (Å²) in [6, 6.07) is 9.66. The van der Waals surface area contributed by atoms with Crippen molar-refractivity contribution in [1.82, 2.24) is 5.43 Å². The minimum atomic E-state index is -1.05. The van der Waals surface area contributed by atoms with Crippen molar-refractivity contribution >= 4 is 18.0 Å². The standard InChI is InChI=1S/C11H13N3O2/c1-8(9-5-3-2-4-6-9)7-13-14-11(16)10(12)15/h2-8H,1H3,(H2,12,15)(H,14,16)/b13-7-/t8-/m1/s1. The molecule has 5 nitrogen and oxygen atoms in total. The molecule has 0 saturated carbocycles. The molecular formula is C11H13N3O2. The monoisotopic (exact) mass is 219 g/mol. The summed E-state index contributed by atoms with van der Waals surface area (Å²) in [5.74, 6) is -1.92. The lowest BCUT2D eigenvalue weighted by atomic mass is 10.0. The number of hydrazone groups is 1. The average molecular weight is 219 g/mol. The molecule has 3 N–H and O–H groups in total. The van der Waals surface area contributed by atoms with Crippen molar-refractivity contribution in [2.45, 2.75) is 12.8 Å². The van der Waals surface area contributed by atoms with E-state index in [1.165, 1.54) is 6.21 Å². The van der Waals surface area contributed by atoms with Crippen molar-refractivity contribution in [2.24, 2.45) is 10.8 Å². The number of benzene rings is 1. The smallest absolute Gasteiger partial charge is 0.329 e. The molecule has 5 heteroatoms. The molecule has 0 heterocycles. The van der Waals surface area contributed by atoms with Gasteiger partial charge in [-0.3, -0.25) is 9.59 Å². The molecule has 84 valence electrons. The molecule has 2 amide bonds. The van der Waals surface area contributed by atoms with Gasteiger partial charge < -0.3 is 5.73 Å². The number of nitrogens with one attached hydrogen (secondary N) is 1. The van der Waals surface area contributed by atoms with Crippen LogP contribution >= 0.6 is 0 Å². The summed E-state index contributed by atoms with van der Waals surface area (Å²) in [4.78, 5) is 21.1. The van der Waals surface area contributed by atoms with Crippen molar-refractivity contribution in [2.75, 3.05) is 0 Å². The fraction of sp³-hybridized carbons (Fsp3) is 0.182. The number of carbonyl (C=O) groups is 2. The maximum absolute atomic E-state index is 10.8. The van der Waals surface area contributed by atoms with Crippen molar-refractivity contribution in [1.29, 1.82) is 0 Å². The molecule has 0 radical (unpaired) electrons. The number of hydrogen-bond donors (Lipinski definition) is 2. The van der Waals surface area contributed by atoms with Crippen LogP contribution in [0.4, 0.5) is 0 Å². The summed E-state index contributed by atoms with van der Waals surface area (Å²) in [5, 5.41) is 3.64. The van der Waals surface area contributed by atoms with E-state index in [9.17, 15) is 9.59 Å². The molecule has 0 aliphatic heterocycles. The quantitative estimate of drug-likeness (QED) is 0.437. The van der Waals surface area contributed by atoms with Crippen LogP contribution in [0.25, 0.3) is 0 Å². The van der Waals surface area contributed by atoms with E-state index in [1.807, 2.05) is 42.7 Å². The van der Waals surface area contributed by atoms with Gasteiger partial charge in [-0.05, 0) is 5.56 Å². The maximum Gasteiger partial charge on any atom is 0.329 e. The second kappa shape index (κ2) is 5.65. The lowest BCUT2D eigenvalue weighted by molar-refractivity contribution is -0.137. The van der Waals surface area contributed by atoms with E-state index in [0.29, 0.717) is 0 Å². The Hall–Kier alpha value is -2.17. The van der Waals surface area contributed by atoms with Gasteiger partial charge in [0.15, 0.2) is 0 Å². The van der Waals surface area contributed by atoms with E-state index in [4.69, 9.17) is 5.73 Å². The van der Waals surface area contributed by atoms with Crippen LogP contribution in [0.2, 0.25) is 0 Å². The largest absolute Gasteiger partial charge is 0.361 e. The van der Waals surface area contributed by atoms with Crippen LogP contribution in [0.3, 0.4) is 0 Å². The predicted octanol–water partition coefficient (Wildman–Crippen LogP) is 0.377. The first kappa shape index (κ1) is 11.9. The average Bonchev–Trinajstić information content (AvgIpc) is 2.29. The first-order valence-electron chi connectivity index (χ1n) is 4.79. The van der Waals surface area contributed by atoms with Gasteiger partial charge in [0, 0.05) is 12.1 Å². The molecule has 0 saturated heterocycles. The summed E-state index contributed by atoms with van der Waals surface area (Å²) in [6.45, 7) is 1.93. The number of hydrogen-bond acceptors (Lipinski definition) is 3. The second-order valence-electron chi connectivity index (χ2n) is 3.28. The summed E-state index contributed by atoms with van der Waals surface area (Å²) < 4.78 is 0. The molecule has 0 aliphatic rings. The van der Waals surface area contributed by atoms with Gasteiger partial charge in [0.1, 0.15) is 0 Å². The highest BCUT2D eigenvalue weighted by Gasteiger charge is 2.06. The number of nitrogens with two attached hydrogens (primary N) is 1. The van der Waals surface area contributed by atoms with E-state index < -0.39 is 11.8 Å². The van der Waals surface area contributed by atoms with Crippen LogP contribution in [-0.4, -0.2) is 18.0 Å². The van der Waals surface area contributed by atoms with Gasteiger partial charge in [-0.15, -0.1) is 0 Å². The molecular weight excluding hydrogens is 206 g/mol. The van der Waals surface area contributed by atoms with E-state index >= 15 is 0 Å². The zero-order chi connectivity index (χ0) is 12.0. The predicted molar refractivity (Wildman–Crippen MR) is 60.7 cm³/mol. The topological polar surface area (TPSA) is 84.6 Å². The molecule has 0 fully saturated rings. The van der Waals surface area contributed by atoms with Crippen LogP contribution in [0.15, 0.2) is 35.4 Å². The van der Waals surface area contributed by atoms with Gasteiger partial charge >= 0.3 is 11.8 Å². The second-order valence-corrected chi connectivity index (χ2v) is 3.28. The SMILES string of the molecule is C[C@H](/C=N\NC(=O)C(N)=O)c1ccccc1. The number of nitrogens with zero attached hydrogens (tertiary/aromatic N) is 1. The van der Waals surface area contributed by atoms with Crippen LogP contribution < -0.4 is 11.2 Å². The van der Waals surface area contributed by atoms with Gasteiger partial charge in [0.25, 0.3) is 0 Å². The van der Waals surface area contributed by atoms with Crippen LogP contribution in [0.5, 0.6) is 0 Å². The van der Waals surface area contributed by atoms with Crippen LogP contribution in [-0.2, 0) is 9.59 Å². The molecule has 1 atom stereocenters. The minimum absolute atomic E-state index is 0.0503. The molecule has 16 heavy (non-hydrogen) atoms.